The molecule has 3 aliphatic rings. The van der Waals surface area contributed by atoms with Gasteiger partial charge in [0, 0.05) is 63.6 Å². The van der Waals surface area contributed by atoms with E-state index in [1.54, 1.807) is 14.2 Å². The molecule has 1 aromatic heterocycles. The summed E-state index contributed by atoms with van der Waals surface area (Å²) < 4.78 is 4.25. The molecule has 1 aliphatic carbocycles. The summed E-state index contributed by atoms with van der Waals surface area (Å²) in [5.41, 5.74) is 4.60. The van der Waals surface area contributed by atoms with Crippen molar-refractivity contribution in [2.24, 2.45) is 0 Å². The average molecular weight is 401 g/mol. The summed E-state index contributed by atoms with van der Waals surface area (Å²) in [5, 5.41) is 3.44. The Kier molecular flexibility index (Phi) is 7.09. The van der Waals surface area contributed by atoms with E-state index < -0.39 is 0 Å². The van der Waals surface area contributed by atoms with Crippen LogP contribution in [0, 0.1) is 0 Å². The molecule has 160 valence electrons. The topological polar surface area (TPSA) is 57.7 Å². The number of amides is 1. The van der Waals surface area contributed by atoms with E-state index in [1.807, 2.05) is 11.1 Å². The zero-order valence-electron chi connectivity index (χ0n) is 18.6. The van der Waals surface area contributed by atoms with Crippen LogP contribution in [-0.4, -0.2) is 68.8 Å². The van der Waals surface area contributed by atoms with Gasteiger partial charge in [0.25, 0.3) is 0 Å². The maximum absolute atomic E-state index is 13.1. The monoisotopic (exact) mass is 400 g/mol. The Morgan fingerprint density at radius 2 is 2.14 bits per heavy atom. The number of fused-ring (bicyclic) bond motifs is 1. The van der Waals surface area contributed by atoms with Gasteiger partial charge >= 0.3 is 0 Å². The predicted octanol–water partition coefficient (Wildman–Crippen LogP) is 2.83. The Morgan fingerprint density at radius 3 is 2.79 bits per heavy atom. The molecule has 3 heterocycles. The first-order chi connectivity index (χ1) is 13.9. The van der Waals surface area contributed by atoms with E-state index in [0.29, 0.717) is 12.6 Å². The molecule has 4 rings (SSSR count). The summed E-state index contributed by atoms with van der Waals surface area (Å²) in [7, 11) is 3.25. The van der Waals surface area contributed by atoms with Gasteiger partial charge in [0.05, 0.1) is 17.9 Å². The van der Waals surface area contributed by atoms with Crippen molar-refractivity contribution in [1.29, 1.82) is 0 Å². The lowest BCUT2D eigenvalue weighted by molar-refractivity contribution is -0.120. The van der Waals surface area contributed by atoms with Crippen molar-refractivity contribution < 1.29 is 9.53 Å². The van der Waals surface area contributed by atoms with Gasteiger partial charge in [-0.25, -0.2) is 0 Å². The molecule has 0 saturated carbocycles. The number of piperazine rings is 1. The van der Waals surface area contributed by atoms with Crippen LogP contribution in [0.25, 0.3) is 5.57 Å². The molecule has 6 nitrogen and oxygen atoms in total. The maximum atomic E-state index is 13.1. The highest BCUT2D eigenvalue weighted by Crippen LogP contribution is 2.41. The van der Waals surface area contributed by atoms with Crippen LogP contribution < -0.4 is 10.2 Å². The van der Waals surface area contributed by atoms with E-state index in [1.165, 1.54) is 17.6 Å². The molecule has 0 radical (unpaired) electrons. The Balaban J connectivity index is 0.000000755. The lowest BCUT2D eigenvalue weighted by Gasteiger charge is -2.32. The number of pyridine rings is 1. The van der Waals surface area contributed by atoms with Crippen LogP contribution in [-0.2, 0) is 14.9 Å². The van der Waals surface area contributed by atoms with Crippen LogP contribution in [0.3, 0.4) is 0 Å². The second kappa shape index (κ2) is 9.37. The van der Waals surface area contributed by atoms with E-state index >= 15 is 0 Å². The molecule has 1 N–H and O–H groups in total. The van der Waals surface area contributed by atoms with Crippen LogP contribution in [0.4, 0.5) is 5.69 Å². The molecule has 1 aromatic rings. The fourth-order valence-electron chi connectivity index (χ4n) is 4.49. The minimum Gasteiger partial charge on any atom is -0.388 e. The molecular formula is C23H36N4O2. The minimum atomic E-state index is -0.0443. The number of nitrogens with one attached hydrogen (secondary N) is 1. The summed E-state index contributed by atoms with van der Waals surface area (Å²) in [4.78, 5) is 22.1. The first kappa shape index (κ1) is 21.9. The summed E-state index contributed by atoms with van der Waals surface area (Å²) in [5.74, 6) is 0.212. The molecule has 1 amide bonds. The van der Waals surface area contributed by atoms with Gasteiger partial charge in [0.1, 0.15) is 0 Å². The smallest absolute Gasteiger partial charge is 0.241 e. The van der Waals surface area contributed by atoms with Gasteiger partial charge in [-0.05, 0) is 37.8 Å². The number of carbonyl (C=O) groups is 1. The highest BCUT2D eigenvalue weighted by Gasteiger charge is 2.39. The average Bonchev–Trinajstić information content (AvgIpc) is 3.29. The van der Waals surface area contributed by atoms with Gasteiger partial charge in [-0.2, -0.15) is 0 Å². The Morgan fingerprint density at radius 1 is 1.38 bits per heavy atom. The van der Waals surface area contributed by atoms with E-state index in [0.717, 1.165) is 50.4 Å². The number of carbonyl (C=O) groups excluding carboxylic acids is 1. The number of nitrogens with zero attached hydrogens (tertiary/aromatic N) is 3. The summed E-state index contributed by atoms with van der Waals surface area (Å²) in [6, 6.07) is 2.60. The first-order valence-corrected chi connectivity index (χ1v) is 10.7. The predicted molar refractivity (Wildman–Crippen MR) is 118 cm³/mol. The highest BCUT2D eigenvalue weighted by atomic mass is 16.4. The quantitative estimate of drug-likeness (QED) is 0.846. The molecule has 0 bridgehead atoms. The van der Waals surface area contributed by atoms with Crippen LogP contribution in [0.2, 0.25) is 0 Å². The van der Waals surface area contributed by atoms with Crippen molar-refractivity contribution in [3.8, 4) is 0 Å². The van der Waals surface area contributed by atoms with Gasteiger partial charge in [-0.15, -0.1) is 0 Å². The van der Waals surface area contributed by atoms with Gasteiger partial charge in [-0.3, -0.25) is 14.7 Å². The second-order valence-electron chi connectivity index (χ2n) is 9.07. The number of ether oxygens (including phenoxy) is 1. The van der Waals surface area contributed by atoms with Crippen LogP contribution >= 0.6 is 0 Å². The number of hydrogen-bond acceptors (Lipinski definition) is 5. The number of allylic oxidation sites excluding steroid dienone is 2. The number of methoxy groups -OCH3 is 1. The largest absolute Gasteiger partial charge is 0.388 e. The third-order valence-corrected chi connectivity index (χ3v) is 5.94. The van der Waals surface area contributed by atoms with Crippen LogP contribution in [0.15, 0.2) is 18.3 Å². The van der Waals surface area contributed by atoms with E-state index in [9.17, 15) is 4.79 Å². The fourth-order valence-corrected chi connectivity index (χ4v) is 4.49. The normalized spacial score (nSPS) is 23.3. The molecule has 29 heavy (non-hydrogen) atoms. The lowest BCUT2D eigenvalue weighted by atomic mass is 9.88. The van der Waals surface area contributed by atoms with Crippen molar-refractivity contribution in [2.45, 2.75) is 51.5 Å². The second-order valence-corrected chi connectivity index (χ2v) is 9.07. The zero-order chi connectivity index (χ0) is 21.0. The number of aromatic nitrogens is 1. The van der Waals surface area contributed by atoms with Gasteiger partial charge in [0.2, 0.25) is 5.91 Å². The first-order valence-electron chi connectivity index (χ1n) is 10.7. The van der Waals surface area contributed by atoms with Crippen LogP contribution in [0.5, 0.6) is 0 Å². The molecule has 2 aliphatic heterocycles. The zero-order valence-corrected chi connectivity index (χ0v) is 18.6. The summed E-state index contributed by atoms with van der Waals surface area (Å²) in [6.45, 7) is 10.7. The van der Waals surface area contributed by atoms with Crippen molar-refractivity contribution in [3.05, 3.63) is 29.6 Å². The standard InChI is InChI=1S/C21H30N4O.C2H6O/c1-15-12-24(9-8-22-15)13-20(26)25-14-21(2,3)17-11-23-18(10-19(17)25)16-6-4-5-7-16;1-3-2/h6,10-11,15,22H,4-5,7-9,12-14H2,1-3H3;1-2H3/t15-;/m1./s1. The molecule has 0 spiro atoms. The van der Waals surface area contributed by atoms with E-state index in [2.05, 4.69) is 47.9 Å². The van der Waals surface area contributed by atoms with E-state index in [4.69, 9.17) is 4.98 Å². The third kappa shape index (κ3) is 5.05. The number of rotatable bonds is 3. The molecule has 1 saturated heterocycles. The summed E-state index contributed by atoms with van der Waals surface area (Å²) >= 11 is 0. The van der Waals surface area contributed by atoms with E-state index in [-0.39, 0.29) is 11.3 Å². The third-order valence-electron chi connectivity index (χ3n) is 5.94. The van der Waals surface area contributed by atoms with Crippen molar-refractivity contribution in [3.63, 3.8) is 0 Å². The summed E-state index contributed by atoms with van der Waals surface area (Å²) in [6.07, 6.45) is 7.75. The molecule has 6 heteroatoms. The SMILES string of the molecule is COC.C[C@@H]1CN(CC(=O)N2CC(C)(C)c3cnc(C4=CCCC4)cc32)CCN1. The Hall–Kier alpha value is -1.76. The lowest BCUT2D eigenvalue weighted by Crippen LogP contribution is -2.52. The minimum absolute atomic E-state index is 0.0443. The molecule has 0 aromatic carbocycles. The van der Waals surface area contributed by atoms with Crippen molar-refractivity contribution in [2.75, 3.05) is 51.8 Å². The maximum Gasteiger partial charge on any atom is 0.241 e. The Bertz CT molecular complexity index is 759. The van der Waals surface area contributed by atoms with Crippen molar-refractivity contribution >= 4 is 17.2 Å². The molecule has 1 atom stereocenters. The van der Waals surface area contributed by atoms with Gasteiger partial charge in [-0.1, -0.05) is 19.9 Å². The Labute approximate surface area is 175 Å². The number of anilines is 1. The van der Waals surface area contributed by atoms with Gasteiger partial charge < -0.3 is 15.0 Å². The molecular weight excluding hydrogens is 364 g/mol. The highest BCUT2D eigenvalue weighted by molar-refractivity contribution is 5.98. The fraction of sp³-hybridized carbons (Fsp3) is 0.652. The molecule has 1 fully saturated rings. The number of hydrogen-bond donors (Lipinski definition) is 1. The van der Waals surface area contributed by atoms with Crippen LogP contribution in [0.1, 0.15) is 51.3 Å². The molecule has 0 unspecified atom stereocenters. The van der Waals surface area contributed by atoms with Crippen molar-refractivity contribution in [1.82, 2.24) is 15.2 Å². The van der Waals surface area contributed by atoms with Gasteiger partial charge in [0.15, 0.2) is 0 Å².